The Hall–Kier alpha value is -2.21. The molecule has 1 aromatic heterocycles. The Balaban J connectivity index is 2.09. The van der Waals surface area contributed by atoms with Gasteiger partial charge >= 0.3 is 0 Å². The van der Waals surface area contributed by atoms with Gasteiger partial charge in [0.05, 0.1) is 0 Å². The minimum Gasteiger partial charge on any atom is -0.336 e. The van der Waals surface area contributed by atoms with Crippen LogP contribution in [0.4, 0.5) is 0 Å². The minimum absolute atomic E-state index is 0.0257. The molecule has 0 aliphatic heterocycles. The van der Waals surface area contributed by atoms with Gasteiger partial charge in [0.1, 0.15) is 18.7 Å². The van der Waals surface area contributed by atoms with Gasteiger partial charge in [0.25, 0.3) is 0 Å². The number of amides is 1. The van der Waals surface area contributed by atoms with Crippen molar-refractivity contribution in [3.63, 3.8) is 0 Å². The molecular formula is C15H21N5O. The molecule has 6 nitrogen and oxygen atoms in total. The molecule has 1 atom stereocenters. The molecule has 0 fully saturated rings. The van der Waals surface area contributed by atoms with Crippen LogP contribution in [0.3, 0.4) is 0 Å². The van der Waals surface area contributed by atoms with Crippen LogP contribution < -0.4 is 5.73 Å². The summed E-state index contributed by atoms with van der Waals surface area (Å²) in [6.45, 7) is 3.62. The first-order valence-electron chi connectivity index (χ1n) is 7.09. The number of carbonyl (C=O) groups is 1. The summed E-state index contributed by atoms with van der Waals surface area (Å²) in [4.78, 5) is 18.4. The normalized spacial score (nSPS) is 12.1. The number of nitrogens with two attached hydrogens (primary N) is 1. The molecule has 1 unspecified atom stereocenters. The van der Waals surface area contributed by atoms with Gasteiger partial charge in [-0.1, -0.05) is 30.3 Å². The van der Waals surface area contributed by atoms with E-state index in [0.717, 1.165) is 12.0 Å². The van der Waals surface area contributed by atoms with Crippen molar-refractivity contribution in [3.05, 3.63) is 48.5 Å². The average molecular weight is 287 g/mol. The summed E-state index contributed by atoms with van der Waals surface area (Å²) in [5, 5.41) is 4.04. The topological polar surface area (TPSA) is 77.0 Å². The Kier molecular flexibility index (Phi) is 5.45. The highest BCUT2D eigenvalue weighted by Gasteiger charge is 2.22. The predicted molar refractivity (Wildman–Crippen MR) is 80.3 cm³/mol. The van der Waals surface area contributed by atoms with Crippen molar-refractivity contribution < 1.29 is 4.79 Å². The van der Waals surface area contributed by atoms with Crippen LogP contribution in [0.25, 0.3) is 0 Å². The monoisotopic (exact) mass is 287 g/mol. The first-order chi connectivity index (χ1) is 10.2. The van der Waals surface area contributed by atoms with E-state index in [2.05, 4.69) is 10.1 Å². The lowest BCUT2D eigenvalue weighted by Crippen LogP contribution is -2.37. The van der Waals surface area contributed by atoms with Gasteiger partial charge in [0.15, 0.2) is 0 Å². The molecule has 0 aliphatic rings. The van der Waals surface area contributed by atoms with E-state index in [1.807, 2.05) is 42.2 Å². The zero-order valence-electron chi connectivity index (χ0n) is 12.2. The lowest BCUT2D eigenvalue weighted by Gasteiger charge is -2.25. The third-order valence-electron chi connectivity index (χ3n) is 3.35. The number of hydrogen-bond donors (Lipinski definition) is 1. The summed E-state index contributed by atoms with van der Waals surface area (Å²) >= 11 is 0. The van der Waals surface area contributed by atoms with Crippen LogP contribution in [-0.4, -0.2) is 38.7 Å². The number of aromatic nitrogens is 3. The molecule has 0 saturated heterocycles. The second kappa shape index (κ2) is 7.54. The second-order valence-electron chi connectivity index (χ2n) is 4.94. The molecule has 21 heavy (non-hydrogen) atoms. The van der Waals surface area contributed by atoms with Crippen LogP contribution in [0.1, 0.15) is 24.9 Å². The molecule has 2 N–H and O–H groups in total. The van der Waals surface area contributed by atoms with Gasteiger partial charge in [0.2, 0.25) is 5.91 Å². The van der Waals surface area contributed by atoms with Crippen molar-refractivity contribution in [2.75, 3.05) is 13.1 Å². The smallest absolute Gasteiger partial charge is 0.247 e. The van der Waals surface area contributed by atoms with Gasteiger partial charge in [0, 0.05) is 13.1 Å². The number of benzene rings is 1. The van der Waals surface area contributed by atoms with Crippen LogP contribution in [0, 0.1) is 0 Å². The van der Waals surface area contributed by atoms with Gasteiger partial charge in [-0.25, -0.2) is 9.67 Å². The van der Waals surface area contributed by atoms with Gasteiger partial charge < -0.3 is 10.6 Å². The third-order valence-corrected chi connectivity index (χ3v) is 3.35. The van der Waals surface area contributed by atoms with E-state index in [1.165, 1.54) is 6.33 Å². The molecule has 2 aromatic rings. The summed E-state index contributed by atoms with van der Waals surface area (Å²) in [5.41, 5.74) is 6.68. The molecular weight excluding hydrogens is 266 g/mol. The molecule has 1 aromatic carbocycles. The van der Waals surface area contributed by atoms with E-state index in [0.29, 0.717) is 19.6 Å². The van der Waals surface area contributed by atoms with E-state index in [9.17, 15) is 4.79 Å². The molecule has 1 amide bonds. The maximum atomic E-state index is 12.6. The number of hydrogen-bond acceptors (Lipinski definition) is 4. The molecule has 0 spiro atoms. The Bertz CT molecular complexity index is 540. The number of rotatable bonds is 7. The van der Waals surface area contributed by atoms with Crippen LogP contribution in [-0.2, 0) is 11.3 Å². The number of nitrogens with zero attached hydrogens (tertiary/aromatic N) is 4. The minimum atomic E-state index is -0.367. The van der Waals surface area contributed by atoms with E-state index in [4.69, 9.17) is 5.73 Å². The third kappa shape index (κ3) is 4.13. The van der Waals surface area contributed by atoms with Gasteiger partial charge in [-0.2, -0.15) is 5.10 Å². The average Bonchev–Trinajstić information content (AvgIpc) is 3.05. The maximum absolute atomic E-state index is 12.6. The zero-order chi connectivity index (χ0) is 15.1. The van der Waals surface area contributed by atoms with Gasteiger partial charge in [-0.15, -0.1) is 0 Å². The van der Waals surface area contributed by atoms with Crippen LogP contribution in [0.15, 0.2) is 43.0 Å². The van der Waals surface area contributed by atoms with Crippen LogP contribution >= 0.6 is 0 Å². The second-order valence-corrected chi connectivity index (χ2v) is 4.94. The van der Waals surface area contributed by atoms with Gasteiger partial charge in [-0.05, 0) is 25.5 Å². The van der Waals surface area contributed by atoms with Crippen molar-refractivity contribution in [1.29, 1.82) is 0 Å². The fraction of sp³-hybridized carbons (Fsp3) is 0.400. The number of carbonyl (C=O) groups excluding carboxylic acids is 1. The van der Waals surface area contributed by atoms with E-state index in [1.54, 1.807) is 11.0 Å². The SMILES string of the molecule is CC(C(=O)N(CCCN)Cc1ccccc1)n1cncn1. The highest BCUT2D eigenvalue weighted by Crippen LogP contribution is 2.12. The Morgan fingerprint density at radius 3 is 2.76 bits per heavy atom. The van der Waals surface area contributed by atoms with E-state index < -0.39 is 0 Å². The first-order valence-corrected chi connectivity index (χ1v) is 7.09. The summed E-state index contributed by atoms with van der Waals surface area (Å²) in [6, 6.07) is 9.58. The lowest BCUT2D eigenvalue weighted by molar-refractivity contribution is -0.135. The molecule has 0 aliphatic carbocycles. The van der Waals surface area contributed by atoms with E-state index in [-0.39, 0.29) is 11.9 Å². The largest absolute Gasteiger partial charge is 0.336 e. The lowest BCUT2D eigenvalue weighted by atomic mass is 10.2. The molecule has 0 saturated carbocycles. The fourth-order valence-electron chi connectivity index (χ4n) is 2.15. The fourth-order valence-corrected chi connectivity index (χ4v) is 2.15. The Morgan fingerprint density at radius 2 is 2.14 bits per heavy atom. The first kappa shape index (κ1) is 15.2. The summed E-state index contributed by atoms with van der Waals surface area (Å²) < 4.78 is 1.57. The molecule has 0 bridgehead atoms. The molecule has 1 heterocycles. The van der Waals surface area contributed by atoms with Crippen molar-refractivity contribution in [2.45, 2.75) is 25.9 Å². The standard InChI is InChI=1S/C15H21N5O/c1-13(20-12-17-11-18-20)15(21)19(9-5-8-16)10-14-6-3-2-4-7-14/h2-4,6-7,11-13H,5,8-10,16H2,1H3. The highest BCUT2D eigenvalue weighted by atomic mass is 16.2. The van der Waals surface area contributed by atoms with Crippen molar-refractivity contribution in [3.8, 4) is 0 Å². The zero-order valence-corrected chi connectivity index (χ0v) is 12.2. The quantitative estimate of drug-likeness (QED) is 0.830. The maximum Gasteiger partial charge on any atom is 0.247 e. The van der Waals surface area contributed by atoms with E-state index >= 15 is 0 Å². The summed E-state index contributed by atoms with van der Waals surface area (Å²) in [5.74, 6) is 0.0257. The van der Waals surface area contributed by atoms with Crippen molar-refractivity contribution in [1.82, 2.24) is 19.7 Å². The Morgan fingerprint density at radius 1 is 1.38 bits per heavy atom. The molecule has 112 valence electrons. The summed E-state index contributed by atoms with van der Waals surface area (Å²) in [7, 11) is 0. The van der Waals surface area contributed by atoms with Gasteiger partial charge in [-0.3, -0.25) is 4.79 Å². The van der Waals surface area contributed by atoms with Crippen molar-refractivity contribution in [2.24, 2.45) is 5.73 Å². The van der Waals surface area contributed by atoms with Crippen LogP contribution in [0.2, 0.25) is 0 Å². The molecule has 6 heteroatoms. The van der Waals surface area contributed by atoms with Crippen molar-refractivity contribution >= 4 is 5.91 Å². The Labute approximate surface area is 124 Å². The summed E-state index contributed by atoms with van der Waals surface area (Å²) in [6.07, 6.45) is 3.78. The molecule has 0 radical (unpaired) electrons. The van der Waals surface area contributed by atoms with Crippen LogP contribution in [0.5, 0.6) is 0 Å². The molecule has 2 rings (SSSR count). The predicted octanol–water partition coefficient (Wildman–Crippen LogP) is 1.22. The highest BCUT2D eigenvalue weighted by molar-refractivity contribution is 5.79.